The zero-order valence-electron chi connectivity index (χ0n) is 21.8. The molecule has 0 N–H and O–H groups in total. The average Bonchev–Trinajstić information content (AvgIpc) is 2.92. The Bertz CT molecular complexity index is 1270. The van der Waals surface area contributed by atoms with Gasteiger partial charge in [0.1, 0.15) is 28.2 Å². The van der Waals surface area contributed by atoms with E-state index < -0.39 is 34.5 Å². The van der Waals surface area contributed by atoms with Crippen molar-refractivity contribution in [3.63, 3.8) is 0 Å². The largest absolute Gasteiger partial charge is 0.432 e. The summed E-state index contributed by atoms with van der Waals surface area (Å²) in [6, 6.07) is 13.7. The molecule has 5 rings (SSSR count). The number of alkyl halides is 2. The quantitative estimate of drug-likeness (QED) is 0.214. The zero-order chi connectivity index (χ0) is 27.7. The molecule has 2 aliphatic carbocycles. The van der Waals surface area contributed by atoms with Gasteiger partial charge in [-0.05, 0) is 97.2 Å². The van der Waals surface area contributed by atoms with Gasteiger partial charge in [-0.3, -0.25) is 0 Å². The van der Waals surface area contributed by atoms with E-state index in [0.717, 1.165) is 30.2 Å². The Kier molecular flexibility index (Phi) is 8.23. The zero-order valence-corrected chi connectivity index (χ0v) is 22.6. The molecule has 0 radical (unpaired) electrons. The number of halogens is 6. The van der Waals surface area contributed by atoms with Crippen LogP contribution in [0.4, 0.5) is 22.0 Å². The van der Waals surface area contributed by atoms with Gasteiger partial charge in [0.2, 0.25) is 0 Å². The molecule has 7 heteroatoms. The molecule has 1 nitrogen and oxygen atoms in total. The van der Waals surface area contributed by atoms with E-state index in [1.165, 1.54) is 42.9 Å². The van der Waals surface area contributed by atoms with E-state index in [9.17, 15) is 13.2 Å². The highest BCUT2D eigenvalue weighted by molar-refractivity contribution is 6.31. The van der Waals surface area contributed by atoms with Crippen LogP contribution < -0.4 is 4.74 Å². The number of hydrogen-bond acceptors (Lipinski definition) is 1. The Labute approximate surface area is 231 Å². The van der Waals surface area contributed by atoms with Gasteiger partial charge >= 0.3 is 6.11 Å². The van der Waals surface area contributed by atoms with Crippen LogP contribution in [0.5, 0.6) is 5.75 Å². The minimum atomic E-state index is -3.47. The van der Waals surface area contributed by atoms with Gasteiger partial charge in [0.15, 0.2) is 0 Å². The third kappa shape index (κ3) is 6.26. The highest BCUT2D eigenvalue weighted by Crippen LogP contribution is 2.44. The second kappa shape index (κ2) is 11.5. The molecule has 0 aliphatic heterocycles. The highest BCUT2D eigenvalue weighted by Gasteiger charge is 2.44. The van der Waals surface area contributed by atoms with Crippen LogP contribution in [-0.4, -0.2) is 6.11 Å². The molecule has 0 spiro atoms. The van der Waals surface area contributed by atoms with Crippen LogP contribution >= 0.6 is 11.6 Å². The average molecular weight is 563 g/mol. The third-order valence-corrected chi connectivity index (χ3v) is 8.95. The van der Waals surface area contributed by atoms with Crippen molar-refractivity contribution in [1.82, 2.24) is 0 Å². The van der Waals surface area contributed by atoms with Crippen LogP contribution in [0.2, 0.25) is 5.02 Å². The van der Waals surface area contributed by atoms with Crippen molar-refractivity contribution in [1.29, 1.82) is 0 Å². The first-order valence-corrected chi connectivity index (χ1v) is 14.1. The molecule has 208 valence electrons. The van der Waals surface area contributed by atoms with Crippen molar-refractivity contribution in [2.45, 2.75) is 76.2 Å². The Morgan fingerprint density at radius 2 is 1.21 bits per heavy atom. The third-order valence-electron chi connectivity index (χ3n) is 8.59. The normalized spacial score (nSPS) is 24.0. The minimum absolute atomic E-state index is 0.0927. The SMILES string of the molecule is CC1CCC(c2ccc(C3CCC(C(F)(F)Oc4ccc(-c5cc(F)c(Cl)c(F)c5)c(F)c4)CC3)cc2)CC1. The summed E-state index contributed by atoms with van der Waals surface area (Å²) in [4.78, 5) is 0. The van der Waals surface area contributed by atoms with Gasteiger partial charge in [-0.25, -0.2) is 13.2 Å². The fourth-order valence-electron chi connectivity index (χ4n) is 6.14. The summed E-state index contributed by atoms with van der Waals surface area (Å²) in [7, 11) is 0. The van der Waals surface area contributed by atoms with Crippen LogP contribution in [0.3, 0.4) is 0 Å². The molecule has 39 heavy (non-hydrogen) atoms. The van der Waals surface area contributed by atoms with Gasteiger partial charge in [0, 0.05) is 11.6 Å². The molecule has 0 atom stereocenters. The molecule has 2 saturated carbocycles. The van der Waals surface area contributed by atoms with Crippen LogP contribution in [0, 0.1) is 29.3 Å². The molecule has 0 unspecified atom stereocenters. The Balaban J connectivity index is 1.19. The van der Waals surface area contributed by atoms with Crippen LogP contribution in [0.25, 0.3) is 11.1 Å². The summed E-state index contributed by atoms with van der Waals surface area (Å²) in [5.41, 5.74) is 2.33. The van der Waals surface area contributed by atoms with E-state index in [-0.39, 0.29) is 22.8 Å². The topological polar surface area (TPSA) is 9.23 Å². The Morgan fingerprint density at radius 1 is 0.692 bits per heavy atom. The van der Waals surface area contributed by atoms with Gasteiger partial charge in [-0.2, -0.15) is 8.78 Å². The van der Waals surface area contributed by atoms with Gasteiger partial charge in [0.25, 0.3) is 0 Å². The van der Waals surface area contributed by atoms with E-state index in [4.69, 9.17) is 16.3 Å². The molecule has 3 aromatic rings. The first-order valence-electron chi connectivity index (χ1n) is 13.7. The second-order valence-corrected chi connectivity index (χ2v) is 11.6. The van der Waals surface area contributed by atoms with Crippen molar-refractivity contribution in [3.8, 4) is 16.9 Å². The van der Waals surface area contributed by atoms with E-state index in [1.807, 2.05) is 0 Å². The molecule has 0 heterocycles. The summed E-state index contributed by atoms with van der Waals surface area (Å²) < 4.78 is 77.4. The highest BCUT2D eigenvalue weighted by atomic mass is 35.5. The van der Waals surface area contributed by atoms with Gasteiger partial charge in [-0.15, -0.1) is 0 Å². The standard InChI is InChI=1S/C32H32ClF5O/c1-19-2-4-20(5-3-19)21-6-8-22(9-7-21)23-10-12-25(13-11-23)32(37,38)39-26-14-15-27(28(34)18-26)24-16-29(35)31(33)30(36)17-24/h6-9,14-20,23,25H,2-5,10-13H2,1H3. The van der Waals surface area contributed by atoms with Gasteiger partial charge in [-0.1, -0.05) is 55.6 Å². The Hall–Kier alpha value is -2.60. The molecule has 0 amide bonds. The van der Waals surface area contributed by atoms with Gasteiger partial charge < -0.3 is 4.74 Å². The molecule has 2 fully saturated rings. The maximum atomic E-state index is 15.1. The summed E-state index contributed by atoms with van der Waals surface area (Å²) in [5, 5.41) is -0.695. The lowest BCUT2D eigenvalue weighted by Gasteiger charge is -2.33. The summed E-state index contributed by atoms with van der Waals surface area (Å²) >= 11 is 5.48. The monoisotopic (exact) mass is 562 g/mol. The predicted octanol–water partition coefficient (Wildman–Crippen LogP) is 10.7. The van der Waals surface area contributed by atoms with E-state index in [0.29, 0.717) is 31.6 Å². The first kappa shape index (κ1) is 27.9. The number of benzene rings is 3. The molecule has 2 aliphatic rings. The van der Waals surface area contributed by atoms with E-state index in [2.05, 4.69) is 31.2 Å². The summed E-state index contributed by atoms with van der Waals surface area (Å²) in [6.45, 7) is 2.31. The second-order valence-electron chi connectivity index (χ2n) is 11.2. The lowest BCUT2D eigenvalue weighted by Crippen LogP contribution is -2.37. The molecule has 3 aromatic carbocycles. The smallest absolute Gasteiger partial charge is 0.400 e. The number of rotatable bonds is 6. The van der Waals surface area contributed by atoms with Crippen molar-refractivity contribution < 1.29 is 26.7 Å². The molecular formula is C32H32ClF5O. The van der Waals surface area contributed by atoms with Crippen molar-refractivity contribution in [2.75, 3.05) is 0 Å². The molecule has 0 aromatic heterocycles. The Morgan fingerprint density at radius 3 is 1.72 bits per heavy atom. The summed E-state index contributed by atoms with van der Waals surface area (Å²) in [6.07, 6.45) is 3.37. The molecule has 0 saturated heterocycles. The lowest BCUT2D eigenvalue weighted by atomic mass is 9.76. The van der Waals surface area contributed by atoms with Crippen molar-refractivity contribution >= 4 is 11.6 Å². The molecule has 0 bridgehead atoms. The molecular weight excluding hydrogens is 531 g/mol. The number of ether oxygens (including phenoxy) is 1. The maximum absolute atomic E-state index is 15.1. The van der Waals surface area contributed by atoms with Crippen LogP contribution in [-0.2, 0) is 0 Å². The maximum Gasteiger partial charge on any atom is 0.400 e. The number of hydrogen-bond donors (Lipinski definition) is 0. The van der Waals surface area contributed by atoms with Crippen molar-refractivity contribution in [3.05, 3.63) is 88.2 Å². The van der Waals surface area contributed by atoms with Gasteiger partial charge in [0.05, 0.1) is 5.92 Å². The summed E-state index contributed by atoms with van der Waals surface area (Å²) in [5.74, 6) is -2.68. The van der Waals surface area contributed by atoms with E-state index in [1.54, 1.807) is 0 Å². The fraction of sp³-hybridized carbons (Fsp3) is 0.438. The first-order chi connectivity index (χ1) is 18.6. The predicted molar refractivity (Wildman–Crippen MR) is 144 cm³/mol. The van der Waals surface area contributed by atoms with Crippen molar-refractivity contribution in [2.24, 2.45) is 11.8 Å². The fourth-order valence-corrected chi connectivity index (χ4v) is 6.25. The minimum Gasteiger partial charge on any atom is -0.432 e. The lowest BCUT2D eigenvalue weighted by molar-refractivity contribution is -0.222. The van der Waals surface area contributed by atoms with Crippen LogP contribution in [0.1, 0.15) is 81.3 Å². The van der Waals surface area contributed by atoms with E-state index >= 15 is 8.78 Å². The van der Waals surface area contributed by atoms with Crippen LogP contribution in [0.15, 0.2) is 54.6 Å².